The highest BCUT2D eigenvalue weighted by Crippen LogP contribution is 2.42. The third kappa shape index (κ3) is 4.28. The SMILES string of the molecule is CCOc1ccc([C@@H]2C(C#N)=C(N)Oc3cc(C)n(Cc4ccccc4OC)c(=O)c32)cc1OC. The number of nitriles is 1. The number of pyridine rings is 1. The van der Waals surface area contributed by atoms with Crippen LogP contribution in [0.3, 0.4) is 0 Å². The summed E-state index contributed by atoms with van der Waals surface area (Å²) in [6.45, 7) is 4.47. The van der Waals surface area contributed by atoms with Crippen LogP contribution in [0.1, 0.15) is 35.2 Å². The Morgan fingerprint density at radius 1 is 1.09 bits per heavy atom. The van der Waals surface area contributed by atoms with Crippen molar-refractivity contribution in [1.82, 2.24) is 4.57 Å². The summed E-state index contributed by atoms with van der Waals surface area (Å²) in [7, 11) is 3.13. The molecule has 1 aliphatic rings. The van der Waals surface area contributed by atoms with E-state index in [1.54, 1.807) is 37.0 Å². The molecule has 1 aliphatic heterocycles. The van der Waals surface area contributed by atoms with Crippen molar-refractivity contribution >= 4 is 0 Å². The highest BCUT2D eigenvalue weighted by Gasteiger charge is 2.35. The molecule has 4 rings (SSSR count). The third-order valence-electron chi connectivity index (χ3n) is 6.03. The highest BCUT2D eigenvalue weighted by atomic mass is 16.5. The Morgan fingerprint density at radius 3 is 2.51 bits per heavy atom. The van der Waals surface area contributed by atoms with Crippen LogP contribution in [0.4, 0.5) is 0 Å². The summed E-state index contributed by atoms with van der Waals surface area (Å²) >= 11 is 0. The van der Waals surface area contributed by atoms with E-state index in [0.29, 0.717) is 53.0 Å². The number of nitrogens with two attached hydrogens (primary N) is 1. The Bertz CT molecular complexity index is 1400. The van der Waals surface area contributed by atoms with Gasteiger partial charge in [-0.05, 0) is 37.6 Å². The second kappa shape index (κ2) is 9.85. The standard InChI is InChI=1S/C27H27N3O5/c1-5-34-21-11-10-17(13-22(21)33-4)24-19(14-28)26(29)35-23-12-16(2)30(27(31)25(23)24)15-18-8-6-7-9-20(18)32-3/h6-13,24H,5,15,29H2,1-4H3/t24-/m1/s1. The first-order valence-corrected chi connectivity index (χ1v) is 11.2. The fourth-order valence-electron chi connectivity index (χ4n) is 4.36. The first-order chi connectivity index (χ1) is 16.9. The molecular weight excluding hydrogens is 446 g/mol. The van der Waals surface area contributed by atoms with Gasteiger partial charge in [0.2, 0.25) is 5.88 Å². The Kier molecular flexibility index (Phi) is 6.69. The van der Waals surface area contributed by atoms with Crippen LogP contribution in [0.15, 0.2) is 64.8 Å². The van der Waals surface area contributed by atoms with Crippen LogP contribution in [-0.4, -0.2) is 25.4 Å². The zero-order valence-corrected chi connectivity index (χ0v) is 20.1. The molecule has 0 unspecified atom stereocenters. The van der Waals surface area contributed by atoms with Crippen LogP contribution in [0.2, 0.25) is 0 Å². The number of hydrogen-bond acceptors (Lipinski definition) is 7. The number of nitrogens with zero attached hydrogens (tertiary/aromatic N) is 2. The van der Waals surface area contributed by atoms with Gasteiger partial charge in [0.25, 0.3) is 5.56 Å². The average molecular weight is 474 g/mol. The van der Waals surface area contributed by atoms with E-state index in [4.69, 9.17) is 24.7 Å². The van der Waals surface area contributed by atoms with Crippen LogP contribution in [-0.2, 0) is 6.54 Å². The van der Waals surface area contributed by atoms with E-state index >= 15 is 0 Å². The number of methoxy groups -OCH3 is 2. The summed E-state index contributed by atoms with van der Waals surface area (Å²) in [5.41, 5.74) is 8.57. The minimum Gasteiger partial charge on any atom is -0.496 e. The molecule has 1 atom stereocenters. The number of allylic oxidation sites excluding steroid dienone is 1. The Morgan fingerprint density at radius 2 is 1.83 bits per heavy atom. The van der Waals surface area contributed by atoms with Gasteiger partial charge in [0.05, 0.1) is 38.9 Å². The molecule has 3 aromatic rings. The van der Waals surface area contributed by atoms with E-state index in [9.17, 15) is 10.1 Å². The quantitative estimate of drug-likeness (QED) is 0.555. The maximum Gasteiger partial charge on any atom is 0.259 e. The zero-order chi connectivity index (χ0) is 25.1. The lowest BCUT2D eigenvalue weighted by Crippen LogP contribution is -2.33. The monoisotopic (exact) mass is 473 g/mol. The lowest BCUT2D eigenvalue weighted by Gasteiger charge is -2.28. The third-order valence-corrected chi connectivity index (χ3v) is 6.03. The molecule has 0 fully saturated rings. The number of para-hydroxylation sites is 1. The fraction of sp³-hybridized carbons (Fsp3) is 0.259. The second-order valence-electron chi connectivity index (χ2n) is 8.03. The molecule has 2 aromatic carbocycles. The molecule has 2 N–H and O–H groups in total. The minimum atomic E-state index is -0.731. The van der Waals surface area contributed by atoms with Crippen LogP contribution >= 0.6 is 0 Å². The van der Waals surface area contributed by atoms with E-state index in [0.717, 1.165) is 5.56 Å². The van der Waals surface area contributed by atoms with E-state index in [2.05, 4.69) is 6.07 Å². The molecule has 1 aromatic heterocycles. The minimum absolute atomic E-state index is 0.0286. The first kappa shape index (κ1) is 23.8. The largest absolute Gasteiger partial charge is 0.496 e. The summed E-state index contributed by atoms with van der Waals surface area (Å²) < 4.78 is 24.0. The number of aromatic nitrogens is 1. The van der Waals surface area contributed by atoms with Gasteiger partial charge in [0.1, 0.15) is 23.1 Å². The second-order valence-corrected chi connectivity index (χ2v) is 8.03. The van der Waals surface area contributed by atoms with Gasteiger partial charge in [-0.1, -0.05) is 24.3 Å². The van der Waals surface area contributed by atoms with Crippen molar-refractivity contribution in [1.29, 1.82) is 5.26 Å². The molecule has 0 amide bonds. The van der Waals surface area contributed by atoms with Crippen molar-refractivity contribution < 1.29 is 18.9 Å². The number of hydrogen-bond donors (Lipinski definition) is 1. The number of benzene rings is 2. The summed E-state index contributed by atoms with van der Waals surface area (Å²) in [4.78, 5) is 13.9. The van der Waals surface area contributed by atoms with Gasteiger partial charge in [-0.2, -0.15) is 5.26 Å². The van der Waals surface area contributed by atoms with Gasteiger partial charge in [0, 0.05) is 17.3 Å². The van der Waals surface area contributed by atoms with E-state index in [1.165, 1.54) is 0 Å². The topological polar surface area (TPSA) is 109 Å². The van der Waals surface area contributed by atoms with Gasteiger partial charge in [-0.3, -0.25) is 4.79 Å². The molecule has 8 nitrogen and oxygen atoms in total. The summed E-state index contributed by atoms with van der Waals surface area (Å²) in [6, 6.07) is 16.8. The van der Waals surface area contributed by atoms with Crippen molar-refractivity contribution in [2.75, 3.05) is 20.8 Å². The van der Waals surface area contributed by atoms with Crippen molar-refractivity contribution in [2.45, 2.75) is 26.3 Å². The molecular formula is C27H27N3O5. The summed E-state index contributed by atoms with van der Waals surface area (Å²) in [6.07, 6.45) is 0. The molecule has 0 bridgehead atoms. The van der Waals surface area contributed by atoms with Crippen LogP contribution in [0.25, 0.3) is 0 Å². The van der Waals surface area contributed by atoms with Crippen LogP contribution < -0.4 is 30.2 Å². The van der Waals surface area contributed by atoms with E-state index < -0.39 is 5.92 Å². The number of aryl methyl sites for hydroxylation is 1. The molecule has 2 heterocycles. The van der Waals surface area contributed by atoms with Crippen molar-refractivity contribution in [2.24, 2.45) is 5.73 Å². The average Bonchev–Trinajstić information content (AvgIpc) is 2.86. The predicted octanol–water partition coefficient (Wildman–Crippen LogP) is 3.84. The molecule has 0 radical (unpaired) electrons. The van der Waals surface area contributed by atoms with Crippen molar-refractivity contribution in [3.05, 3.63) is 92.7 Å². The van der Waals surface area contributed by atoms with Gasteiger partial charge >= 0.3 is 0 Å². The van der Waals surface area contributed by atoms with E-state index in [1.807, 2.05) is 44.2 Å². The molecule has 35 heavy (non-hydrogen) atoms. The molecule has 0 saturated heterocycles. The van der Waals surface area contributed by atoms with Crippen molar-refractivity contribution in [3.8, 4) is 29.1 Å². The Hall–Kier alpha value is -4.38. The summed E-state index contributed by atoms with van der Waals surface area (Å²) in [5.74, 6) is 1.32. The lowest BCUT2D eigenvalue weighted by atomic mass is 9.84. The summed E-state index contributed by atoms with van der Waals surface area (Å²) in [5, 5.41) is 9.95. The predicted molar refractivity (Wildman–Crippen MR) is 131 cm³/mol. The van der Waals surface area contributed by atoms with Gasteiger partial charge in [-0.25, -0.2) is 0 Å². The Labute approximate surface area is 203 Å². The van der Waals surface area contributed by atoms with Crippen LogP contribution in [0.5, 0.6) is 23.0 Å². The van der Waals surface area contributed by atoms with E-state index in [-0.39, 0.29) is 17.0 Å². The van der Waals surface area contributed by atoms with Gasteiger partial charge in [0.15, 0.2) is 11.5 Å². The normalized spacial score (nSPS) is 14.5. The molecule has 180 valence electrons. The van der Waals surface area contributed by atoms with Crippen molar-refractivity contribution in [3.63, 3.8) is 0 Å². The first-order valence-electron chi connectivity index (χ1n) is 11.2. The smallest absolute Gasteiger partial charge is 0.259 e. The highest BCUT2D eigenvalue weighted by molar-refractivity contribution is 5.57. The lowest BCUT2D eigenvalue weighted by molar-refractivity contribution is 0.310. The number of ether oxygens (including phenoxy) is 4. The van der Waals surface area contributed by atoms with Crippen LogP contribution in [0, 0.1) is 18.3 Å². The molecule has 8 heteroatoms. The number of rotatable bonds is 7. The maximum atomic E-state index is 13.9. The zero-order valence-electron chi connectivity index (χ0n) is 20.1. The molecule has 0 aliphatic carbocycles. The van der Waals surface area contributed by atoms with Gasteiger partial charge < -0.3 is 29.2 Å². The maximum absolute atomic E-state index is 13.9. The molecule has 0 saturated carbocycles. The van der Waals surface area contributed by atoms with Gasteiger partial charge in [-0.15, -0.1) is 0 Å². The Balaban J connectivity index is 1.91. The molecule has 0 spiro atoms. The fourth-order valence-corrected chi connectivity index (χ4v) is 4.36. The number of fused-ring (bicyclic) bond motifs is 1.